The molecule has 8 heteroatoms. The lowest BCUT2D eigenvalue weighted by Crippen LogP contribution is -2.51. The molecule has 3 amide bonds. The van der Waals surface area contributed by atoms with E-state index in [4.69, 9.17) is 5.73 Å². The predicted octanol–water partition coefficient (Wildman–Crippen LogP) is -0.767. The molecule has 0 radical (unpaired) electrons. The van der Waals surface area contributed by atoms with E-state index in [-0.39, 0.29) is 0 Å². The van der Waals surface area contributed by atoms with E-state index >= 15 is 0 Å². The zero-order valence-electron chi connectivity index (χ0n) is 10.1. The van der Waals surface area contributed by atoms with Crippen LogP contribution < -0.4 is 11.1 Å². The van der Waals surface area contributed by atoms with E-state index in [2.05, 4.69) is 5.32 Å². The zero-order valence-corrected chi connectivity index (χ0v) is 10.1. The van der Waals surface area contributed by atoms with Crippen molar-refractivity contribution in [3.63, 3.8) is 0 Å². The molecule has 0 saturated carbocycles. The summed E-state index contributed by atoms with van der Waals surface area (Å²) >= 11 is 0. The second-order valence-electron chi connectivity index (χ2n) is 4.37. The molecular formula is C10H15F2N3O3. The third-order valence-corrected chi connectivity index (χ3v) is 2.67. The van der Waals surface area contributed by atoms with Gasteiger partial charge in [-0.25, -0.2) is 8.78 Å². The number of amides is 3. The number of alkyl halides is 2. The van der Waals surface area contributed by atoms with Gasteiger partial charge in [-0.05, 0) is 6.92 Å². The molecule has 0 aliphatic carbocycles. The highest BCUT2D eigenvalue weighted by Crippen LogP contribution is 2.32. The lowest BCUT2D eigenvalue weighted by atomic mass is 10.1. The van der Waals surface area contributed by atoms with Gasteiger partial charge < -0.3 is 16.0 Å². The first-order chi connectivity index (χ1) is 8.14. The molecule has 102 valence electrons. The number of nitrogens with two attached hydrogens (primary N) is 1. The van der Waals surface area contributed by atoms with E-state index in [9.17, 15) is 23.2 Å². The second-order valence-corrected chi connectivity index (χ2v) is 4.37. The van der Waals surface area contributed by atoms with Crippen LogP contribution in [0.25, 0.3) is 0 Å². The maximum atomic E-state index is 13.2. The van der Waals surface area contributed by atoms with Crippen molar-refractivity contribution in [2.24, 2.45) is 5.73 Å². The topological polar surface area (TPSA) is 92.5 Å². The van der Waals surface area contributed by atoms with Crippen LogP contribution in [0.15, 0.2) is 0 Å². The van der Waals surface area contributed by atoms with Crippen molar-refractivity contribution >= 4 is 17.7 Å². The van der Waals surface area contributed by atoms with Crippen molar-refractivity contribution in [2.45, 2.75) is 38.3 Å². The standard InChI is InChI=1S/C10H15F2N3O3/c1-5(14-6(2)16)9(18)15-4-10(11,12)3-7(15)8(13)17/h5,7H,3-4H2,1-2H3,(H2,13,17)(H,14,16)/t5-,7-/m0/s1. The van der Waals surface area contributed by atoms with E-state index in [1.165, 1.54) is 13.8 Å². The molecule has 0 unspecified atom stereocenters. The highest BCUT2D eigenvalue weighted by Gasteiger charge is 2.50. The lowest BCUT2D eigenvalue weighted by Gasteiger charge is -2.25. The summed E-state index contributed by atoms with van der Waals surface area (Å²) in [5.74, 6) is -5.31. The number of nitrogens with zero attached hydrogens (tertiary/aromatic N) is 1. The summed E-state index contributed by atoms with van der Waals surface area (Å²) in [4.78, 5) is 34.4. The summed E-state index contributed by atoms with van der Waals surface area (Å²) in [6.07, 6.45) is -0.777. The van der Waals surface area contributed by atoms with Crippen molar-refractivity contribution in [1.29, 1.82) is 0 Å². The molecule has 6 nitrogen and oxygen atoms in total. The maximum absolute atomic E-state index is 13.2. The Morgan fingerprint density at radius 1 is 1.44 bits per heavy atom. The van der Waals surface area contributed by atoms with Gasteiger partial charge in [0.25, 0.3) is 5.92 Å². The first kappa shape index (κ1) is 14.3. The molecular weight excluding hydrogens is 248 g/mol. The number of rotatable bonds is 3. The van der Waals surface area contributed by atoms with Gasteiger partial charge in [-0.3, -0.25) is 14.4 Å². The third-order valence-electron chi connectivity index (χ3n) is 2.67. The van der Waals surface area contributed by atoms with Crippen LogP contribution in [0.4, 0.5) is 8.78 Å². The van der Waals surface area contributed by atoms with Crippen molar-refractivity contribution in [3.8, 4) is 0 Å². The van der Waals surface area contributed by atoms with Crippen molar-refractivity contribution in [3.05, 3.63) is 0 Å². The van der Waals surface area contributed by atoms with Crippen LogP contribution in [0.2, 0.25) is 0 Å². The van der Waals surface area contributed by atoms with E-state index in [0.717, 1.165) is 4.90 Å². The number of nitrogens with one attached hydrogen (secondary N) is 1. The maximum Gasteiger partial charge on any atom is 0.267 e. The fraction of sp³-hybridized carbons (Fsp3) is 0.700. The lowest BCUT2D eigenvalue weighted by molar-refractivity contribution is -0.140. The van der Waals surface area contributed by atoms with E-state index in [1.807, 2.05) is 0 Å². The van der Waals surface area contributed by atoms with Gasteiger partial charge in [0, 0.05) is 13.3 Å². The predicted molar refractivity (Wildman–Crippen MR) is 57.5 cm³/mol. The molecule has 0 aromatic rings. The highest BCUT2D eigenvalue weighted by atomic mass is 19.3. The number of carbonyl (C=O) groups is 3. The Balaban J connectivity index is 2.83. The zero-order chi connectivity index (χ0) is 14.1. The SMILES string of the molecule is CC(=O)N[C@@H](C)C(=O)N1CC(F)(F)C[C@H]1C(N)=O. The van der Waals surface area contributed by atoms with Crippen LogP contribution >= 0.6 is 0 Å². The van der Waals surface area contributed by atoms with Crippen molar-refractivity contribution in [1.82, 2.24) is 10.2 Å². The molecule has 1 rings (SSSR count). The summed E-state index contributed by atoms with van der Waals surface area (Å²) in [7, 11) is 0. The average molecular weight is 263 g/mol. The molecule has 2 atom stereocenters. The van der Waals surface area contributed by atoms with Gasteiger partial charge >= 0.3 is 0 Å². The summed E-state index contributed by atoms with van der Waals surface area (Å²) in [5, 5.41) is 2.28. The van der Waals surface area contributed by atoms with Gasteiger partial charge in [-0.2, -0.15) is 0 Å². The molecule has 0 spiro atoms. The smallest absolute Gasteiger partial charge is 0.267 e. The fourth-order valence-electron chi connectivity index (χ4n) is 1.92. The minimum Gasteiger partial charge on any atom is -0.368 e. The van der Waals surface area contributed by atoms with Crippen molar-refractivity contribution < 1.29 is 23.2 Å². The molecule has 18 heavy (non-hydrogen) atoms. The number of carbonyl (C=O) groups excluding carboxylic acids is 3. The largest absolute Gasteiger partial charge is 0.368 e. The number of primary amides is 1. The van der Waals surface area contributed by atoms with Gasteiger partial charge in [0.1, 0.15) is 12.1 Å². The van der Waals surface area contributed by atoms with E-state index < -0.39 is 48.7 Å². The first-order valence-electron chi connectivity index (χ1n) is 5.39. The molecule has 1 aliphatic heterocycles. The molecule has 1 saturated heterocycles. The molecule has 1 aliphatic rings. The number of halogens is 2. The van der Waals surface area contributed by atoms with Gasteiger partial charge in [0.05, 0.1) is 6.54 Å². The van der Waals surface area contributed by atoms with Crippen LogP contribution in [-0.2, 0) is 14.4 Å². The average Bonchev–Trinajstić information content (AvgIpc) is 2.52. The molecule has 0 bridgehead atoms. The summed E-state index contributed by atoms with van der Waals surface area (Å²) in [6, 6.07) is -2.30. The van der Waals surface area contributed by atoms with Crippen LogP contribution in [0.5, 0.6) is 0 Å². The minimum absolute atomic E-state index is 0.461. The molecule has 0 aromatic carbocycles. The first-order valence-corrected chi connectivity index (χ1v) is 5.39. The van der Waals surface area contributed by atoms with E-state index in [0.29, 0.717) is 0 Å². The van der Waals surface area contributed by atoms with Gasteiger partial charge in [-0.15, -0.1) is 0 Å². The normalized spacial score (nSPS) is 23.6. The van der Waals surface area contributed by atoms with Crippen LogP contribution in [0.1, 0.15) is 20.3 Å². The second kappa shape index (κ2) is 4.87. The molecule has 1 fully saturated rings. The quantitative estimate of drug-likeness (QED) is 0.700. The number of likely N-dealkylation sites (tertiary alicyclic amines) is 1. The Hall–Kier alpha value is -1.73. The summed E-state index contributed by atoms with van der Waals surface area (Å²) in [5.41, 5.74) is 4.99. The Morgan fingerprint density at radius 3 is 2.44 bits per heavy atom. The summed E-state index contributed by atoms with van der Waals surface area (Å²) in [6.45, 7) is 1.70. The van der Waals surface area contributed by atoms with Gasteiger partial charge in [0.15, 0.2) is 0 Å². The monoisotopic (exact) mass is 263 g/mol. The minimum atomic E-state index is -3.13. The summed E-state index contributed by atoms with van der Waals surface area (Å²) < 4.78 is 26.4. The molecule has 1 heterocycles. The third kappa shape index (κ3) is 3.14. The van der Waals surface area contributed by atoms with Crippen LogP contribution in [0, 0.1) is 0 Å². The van der Waals surface area contributed by atoms with Crippen LogP contribution in [0.3, 0.4) is 0 Å². The highest BCUT2D eigenvalue weighted by molar-refractivity contribution is 5.91. The fourth-order valence-corrected chi connectivity index (χ4v) is 1.92. The number of hydrogen-bond donors (Lipinski definition) is 2. The Kier molecular flexibility index (Phi) is 3.88. The van der Waals surface area contributed by atoms with E-state index in [1.54, 1.807) is 0 Å². The molecule has 3 N–H and O–H groups in total. The Morgan fingerprint density at radius 2 is 2.00 bits per heavy atom. The molecule has 0 aromatic heterocycles. The Bertz CT molecular complexity index is 387. The van der Waals surface area contributed by atoms with Crippen LogP contribution in [-0.4, -0.2) is 47.2 Å². The number of hydrogen-bond acceptors (Lipinski definition) is 3. The van der Waals surface area contributed by atoms with Gasteiger partial charge in [-0.1, -0.05) is 0 Å². The Labute approximate surface area is 102 Å². The van der Waals surface area contributed by atoms with Gasteiger partial charge in [0.2, 0.25) is 17.7 Å². The van der Waals surface area contributed by atoms with Crippen molar-refractivity contribution in [2.75, 3.05) is 6.54 Å².